The third-order valence-electron chi connectivity index (χ3n) is 3.56. The van der Waals surface area contributed by atoms with Gasteiger partial charge in [-0.25, -0.2) is 9.97 Å². The molecule has 0 amide bonds. The van der Waals surface area contributed by atoms with Crippen LogP contribution in [0.25, 0.3) is 0 Å². The van der Waals surface area contributed by atoms with Crippen LogP contribution in [-0.4, -0.2) is 34.1 Å². The molecular formula is C12H14N4O2. The van der Waals surface area contributed by atoms with Crippen molar-refractivity contribution in [3.8, 4) is 6.07 Å². The van der Waals surface area contributed by atoms with Gasteiger partial charge in [0.15, 0.2) is 5.69 Å². The summed E-state index contributed by atoms with van der Waals surface area (Å²) in [5, 5.41) is 17.9. The van der Waals surface area contributed by atoms with Crippen molar-refractivity contribution in [2.75, 3.05) is 18.0 Å². The Morgan fingerprint density at radius 1 is 1.61 bits per heavy atom. The highest BCUT2D eigenvalue weighted by Gasteiger charge is 2.43. The fraction of sp³-hybridized carbons (Fsp3) is 0.500. The van der Waals surface area contributed by atoms with Gasteiger partial charge in [0.05, 0.1) is 17.8 Å². The lowest BCUT2D eigenvalue weighted by Gasteiger charge is -2.23. The van der Waals surface area contributed by atoms with Crippen molar-refractivity contribution < 1.29 is 9.90 Å². The smallest absolute Gasteiger partial charge is 0.311 e. The van der Waals surface area contributed by atoms with Crippen LogP contribution in [0.3, 0.4) is 0 Å². The number of hydrogen-bond acceptors (Lipinski definition) is 5. The Balaban J connectivity index is 2.17. The first-order valence-corrected chi connectivity index (χ1v) is 5.82. The fourth-order valence-corrected chi connectivity index (χ4v) is 2.22. The predicted molar refractivity (Wildman–Crippen MR) is 63.9 cm³/mol. The number of nitriles is 1. The summed E-state index contributed by atoms with van der Waals surface area (Å²) in [6, 6.07) is 1.90. The van der Waals surface area contributed by atoms with Gasteiger partial charge >= 0.3 is 5.97 Å². The molecule has 1 aromatic rings. The molecule has 0 spiro atoms. The Labute approximate surface area is 105 Å². The van der Waals surface area contributed by atoms with Crippen LogP contribution < -0.4 is 4.90 Å². The minimum absolute atomic E-state index is 0.262. The van der Waals surface area contributed by atoms with Crippen molar-refractivity contribution in [2.24, 2.45) is 5.41 Å². The normalized spacial score (nSPS) is 22.8. The molecule has 1 saturated heterocycles. The van der Waals surface area contributed by atoms with Crippen LogP contribution in [-0.2, 0) is 4.79 Å². The molecule has 6 heteroatoms. The lowest BCUT2D eigenvalue weighted by Crippen LogP contribution is -2.34. The zero-order valence-electron chi connectivity index (χ0n) is 10.1. The first kappa shape index (κ1) is 12.3. The monoisotopic (exact) mass is 246 g/mol. The zero-order chi connectivity index (χ0) is 13.2. The molecule has 0 radical (unpaired) electrons. The molecular weight excluding hydrogens is 232 g/mol. The van der Waals surface area contributed by atoms with Crippen LogP contribution in [0.15, 0.2) is 12.4 Å². The number of hydrogen-bond donors (Lipinski definition) is 1. The van der Waals surface area contributed by atoms with Crippen molar-refractivity contribution in [1.82, 2.24) is 9.97 Å². The number of anilines is 1. The average molecular weight is 246 g/mol. The molecule has 0 aliphatic carbocycles. The molecule has 0 bridgehead atoms. The molecule has 0 saturated carbocycles. The molecule has 1 fully saturated rings. The zero-order valence-corrected chi connectivity index (χ0v) is 10.1. The van der Waals surface area contributed by atoms with Crippen molar-refractivity contribution in [1.29, 1.82) is 5.26 Å². The number of rotatable bonds is 3. The molecule has 1 atom stereocenters. The molecule has 1 unspecified atom stereocenters. The first-order chi connectivity index (χ1) is 8.61. The van der Waals surface area contributed by atoms with E-state index in [2.05, 4.69) is 9.97 Å². The maximum Gasteiger partial charge on any atom is 0.311 e. The summed E-state index contributed by atoms with van der Waals surface area (Å²) in [6.07, 6.45) is 4.14. The summed E-state index contributed by atoms with van der Waals surface area (Å²) in [5.41, 5.74) is -0.423. The van der Waals surface area contributed by atoms with E-state index < -0.39 is 11.4 Å². The Bertz CT molecular complexity index is 494. The van der Waals surface area contributed by atoms with Crippen LogP contribution in [0.1, 0.15) is 25.5 Å². The van der Waals surface area contributed by atoms with Gasteiger partial charge in [-0.1, -0.05) is 6.92 Å². The molecule has 6 nitrogen and oxygen atoms in total. The maximum atomic E-state index is 11.3. The lowest BCUT2D eigenvalue weighted by atomic mass is 9.84. The van der Waals surface area contributed by atoms with Crippen molar-refractivity contribution in [2.45, 2.75) is 19.8 Å². The second-order valence-corrected chi connectivity index (χ2v) is 4.48. The van der Waals surface area contributed by atoms with Gasteiger partial charge in [-0.15, -0.1) is 0 Å². The van der Waals surface area contributed by atoms with Gasteiger partial charge in [-0.05, 0) is 12.8 Å². The number of nitrogens with zero attached hydrogens (tertiary/aromatic N) is 4. The molecule has 1 aliphatic rings. The summed E-state index contributed by atoms with van der Waals surface area (Å²) < 4.78 is 0. The van der Waals surface area contributed by atoms with E-state index in [4.69, 9.17) is 5.26 Å². The van der Waals surface area contributed by atoms with E-state index in [0.717, 1.165) is 0 Å². The summed E-state index contributed by atoms with van der Waals surface area (Å²) in [4.78, 5) is 21.3. The number of aromatic nitrogens is 2. The highest BCUT2D eigenvalue weighted by atomic mass is 16.4. The maximum absolute atomic E-state index is 11.3. The van der Waals surface area contributed by atoms with Crippen LogP contribution >= 0.6 is 0 Å². The quantitative estimate of drug-likeness (QED) is 0.857. The second kappa shape index (κ2) is 4.61. The van der Waals surface area contributed by atoms with Crippen molar-refractivity contribution in [3.05, 3.63) is 18.1 Å². The lowest BCUT2D eigenvalue weighted by molar-refractivity contribution is -0.147. The topological polar surface area (TPSA) is 90.1 Å². The van der Waals surface area contributed by atoms with Crippen molar-refractivity contribution in [3.63, 3.8) is 0 Å². The predicted octanol–water partition coefficient (Wildman–Crippen LogP) is 1.04. The Kier molecular flexibility index (Phi) is 3.15. The van der Waals surface area contributed by atoms with Gasteiger partial charge in [0.1, 0.15) is 11.9 Å². The molecule has 2 rings (SSSR count). The minimum Gasteiger partial charge on any atom is -0.481 e. The van der Waals surface area contributed by atoms with E-state index >= 15 is 0 Å². The molecule has 1 aliphatic heterocycles. The summed E-state index contributed by atoms with van der Waals surface area (Å²) in [7, 11) is 0. The van der Waals surface area contributed by atoms with E-state index in [9.17, 15) is 9.90 Å². The van der Waals surface area contributed by atoms with E-state index in [0.29, 0.717) is 31.7 Å². The SMILES string of the molecule is CCC1(C(=O)O)CCN(c2cnc(C#N)cn2)C1. The Morgan fingerprint density at radius 2 is 2.39 bits per heavy atom. The summed E-state index contributed by atoms with van der Waals surface area (Å²) >= 11 is 0. The van der Waals surface area contributed by atoms with E-state index in [-0.39, 0.29) is 5.69 Å². The Morgan fingerprint density at radius 3 is 2.83 bits per heavy atom. The van der Waals surface area contributed by atoms with Gasteiger partial charge < -0.3 is 10.0 Å². The fourth-order valence-electron chi connectivity index (χ4n) is 2.22. The highest BCUT2D eigenvalue weighted by Crippen LogP contribution is 2.35. The van der Waals surface area contributed by atoms with E-state index in [1.807, 2.05) is 17.9 Å². The van der Waals surface area contributed by atoms with Gasteiger partial charge in [0.2, 0.25) is 0 Å². The third-order valence-corrected chi connectivity index (χ3v) is 3.56. The molecule has 1 N–H and O–H groups in total. The molecule has 0 aromatic carbocycles. The van der Waals surface area contributed by atoms with Gasteiger partial charge in [-0.3, -0.25) is 4.79 Å². The van der Waals surface area contributed by atoms with Crippen LogP contribution in [0.2, 0.25) is 0 Å². The first-order valence-electron chi connectivity index (χ1n) is 5.82. The molecule has 18 heavy (non-hydrogen) atoms. The van der Waals surface area contributed by atoms with E-state index in [1.165, 1.54) is 12.4 Å². The number of aliphatic carboxylic acids is 1. The van der Waals surface area contributed by atoms with E-state index in [1.54, 1.807) is 0 Å². The molecule has 2 heterocycles. The standard InChI is InChI=1S/C12H14N4O2/c1-2-12(11(17)18)3-4-16(8-12)10-7-14-9(5-13)6-15-10/h6-7H,2-4,8H2,1H3,(H,17,18). The number of carboxylic acid groups (broad SMARTS) is 1. The molecule has 94 valence electrons. The van der Waals surface area contributed by atoms with Gasteiger partial charge in [0.25, 0.3) is 0 Å². The molecule has 1 aromatic heterocycles. The summed E-state index contributed by atoms with van der Waals surface area (Å²) in [5.74, 6) is -0.125. The highest BCUT2D eigenvalue weighted by molar-refractivity contribution is 5.76. The van der Waals surface area contributed by atoms with Crippen LogP contribution in [0.5, 0.6) is 0 Å². The second-order valence-electron chi connectivity index (χ2n) is 4.48. The summed E-state index contributed by atoms with van der Waals surface area (Å²) in [6.45, 7) is 2.99. The Hall–Kier alpha value is -2.16. The van der Waals surface area contributed by atoms with Crippen LogP contribution in [0, 0.1) is 16.7 Å². The van der Waals surface area contributed by atoms with Gasteiger partial charge in [0, 0.05) is 13.1 Å². The van der Waals surface area contributed by atoms with Gasteiger partial charge in [-0.2, -0.15) is 5.26 Å². The van der Waals surface area contributed by atoms with Crippen molar-refractivity contribution >= 4 is 11.8 Å². The minimum atomic E-state index is -0.755. The number of carboxylic acids is 1. The average Bonchev–Trinajstić information content (AvgIpc) is 2.84. The largest absolute Gasteiger partial charge is 0.481 e. The third kappa shape index (κ3) is 1.99. The van der Waals surface area contributed by atoms with Crippen LogP contribution in [0.4, 0.5) is 5.82 Å². The number of carbonyl (C=O) groups is 1.